The van der Waals surface area contributed by atoms with Crippen LogP contribution in [-0.2, 0) is 15.8 Å². The summed E-state index contributed by atoms with van der Waals surface area (Å²) < 4.78 is 37.8. The van der Waals surface area contributed by atoms with Crippen LogP contribution in [0.15, 0.2) is 60.7 Å². The zero-order valence-corrected chi connectivity index (χ0v) is 17.1. The SMILES string of the molecule is CN1CCN(C(=O)CNC(=O)/C=C/c2ccc(C(F)(F)F)cc2)C(c2ccccc2)C1. The monoisotopic (exact) mass is 431 g/mol. The molecule has 1 atom stereocenters. The minimum Gasteiger partial charge on any atom is -0.343 e. The lowest BCUT2D eigenvalue weighted by Gasteiger charge is -2.40. The Morgan fingerprint density at radius 2 is 1.74 bits per heavy atom. The van der Waals surface area contributed by atoms with Crippen LogP contribution < -0.4 is 5.32 Å². The number of nitrogens with zero attached hydrogens (tertiary/aromatic N) is 2. The van der Waals surface area contributed by atoms with E-state index in [0.717, 1.165) is 24.2 Å². The van der Waals surface area contributed by atoms with Crippen molar-refractivity contribution in [3.63, 3.8) is 0 Å². The van der Waals surface area contributed by atoms with Crippen molar-refractivity contribution in [3.8, 4) is 0 Å². The summed E-state index contributed by atoms with van der Waals surface area (Å²) in [5.41, 5.74) is 0.744. The zero-order valence-electron chi connectivity index (χ0n) is 17.1. The van der Waals surface area contributed by atoms with Crippen molar-refractivity contribution >= 4 is 17.9 Å². The largest absolute Gasteiger partial charge is 0.416 e. The first-order chi connectivity index (χ1) is 14.7. The van der Waals surface area contributed by atoms with E-state index >= 15 is 0 Å². The lowest BCUT2D eigenvalue weighted by Crippen LogP contribution is -2.51. The summed E-state index contributed by atoms with van der Waals surface area (Å²) in [6.07, 6.45) is -1.79. The van der Waals surface area contributed by atoms with Crippen LogP contribution >= 0.6 is 0 Å². The summed E-state index contributed by atoms with van der Waals surface area (Å²) in [7, 11) is 2.01. The number of likely N-dealkylation sites (N-methyl/N-ethyl adjacent to an activating group) is 1. The predicted octanol–water partition coefficient (Wildman–Crippen LogP) is 3.35. The Morgan fingerprint density at radius 3 is 2.39 bits per heavy atom. The zero-order chi connectivity index (χ0) is 22.4. The number of hydrogen-bond donors (Lipinski definition) is 1. The number of amides is 2. The van der Waals surface area contributed by atoms with Crippen molar-refractivity contribution in [3.05, 3.63) is 77.4 Å². The Balaban J connectivity index is 1.56. The van der Waals surface area contributed by atoms with Crippen LogP contribution in [0.1, 0.15) is 22.7 Å². The number of hydrogen-bond acceptors (Lipinski definition) is 3. The van der Waals surface area contributed by atoms with Crippen molar-refractivity contribution in [2.75, 3.05) is 33.2 Å². The highest BCUT2D eigenvalue weighted by Gasteiger charge is 2.30. The predicted molar refractivity (Wildman–Crippen MR) is 112 cm³/mol. The van der Waals surface area contributed by atoms with Gasteiger partial charge in [0.05, 0.1) is 18.2 Å². The number of rotatable bonds is 5. The van der Waals surface area contributed by atoms with Crippen LogP contribution in [0.3, 0.4) is 0 Å². The Bertz CT molecular complexity index is 927. The van der Waals surface area contributed by atoms with Crippen molar-refractivity contribution in [2.24, 2.45) is 0 Å². The van der Waals surface area contributed by atoms with Gasteiger partial charge in [0.1, 0.15) is 0 Å². The van der Waals surface area contributed by atoms with Gasteiger partial charge in [-0.1, -0.05) is 42.5 Å². The van der Waals surface area contributed by atoms with E-state index in [4.69, 9.17) is 0 Å². The van der Waals surface area contributed by atoms with E-state index in [1.165, 1.54) is 24.3 Å². The molecule has 0 radical (unpaired) electrons. The van der Waals surface area contributed by atoms with Crippen LogP contribution in [0.5, 0.6) is 0 Å². The minimum atomic E-state index is -4.40. The molecule has 3 rings (SSSR count). The number of alkyl halides is 3. The van der Waals surface area contributed by atoms with Gasteiger partial charge in [-0.25, -0.2) is 0 Å². The van der Waals surface area contributed by atoms with Crippen molar-refractivity contribution in [1.29, 1.82) is 0 Å². The number of nitrogens with one attached hydrogen (secondary N) is 1. The first kappa shape index (κ1) is 22.6. The van der Waals surface area contributed by atoms with Crippen LogP contribution in [0.25, 0.3) is 6.08 Å². The van der Waals surface area contributed by atoms with E-state index in [0.29, 0.717) is 18.7 Å². The average molecular weight is 431 g/mol. The Hall–Kier alpha value is -3.13. The van der Waals surface area contributed by atoms with E-state index in [9.17, 15) is 22.8 Å². The molecule has 5 nitrogen and oxygen atoms in total. The highest BCUT2D eigenvalue weighted by atomic mass is 19.4. The molecule has 8 heteroatoms. The van der Waals surface area contributed by atoms with Crippen molar-refractivity contribution < 1.29 is 22.8 Å². The summed E-state index contributed by atoms with van der Waals surface area (Å²) in [6, 6.07) is 14.1. The van der Waals surface area contributed by atoms with E-state index in [1.54, 1.807) is 4.90 Å². The summed E-state index contributed by atoms with van der Waals surface area (Å²) in [5, 5.41) is 2.56. The molecule has 31 heavy (non-hydrogen) atoms. The third kappa shape index (κ3) is 6.18. The van der Waals surface area contributed by atoms with Gasteiger partial charge in [-0.2, -0.15) is 13.2 Å². The lowest BCUT2D eigenvalue weighted by molar-refractivity contribution is -0.137. The van der Waals surface area contributed by atoms with E-state index in [-0.39, 0.29) is 18.5 Å². The molecule has 2 amide bonds. The van der Waals surface area contributed by atoms with E-state index in [2.05, 4.69) is 10.2 Å². The average Bonchev–Trinajstić information content (AvgIpc) is 2.76. The van der Waals surface area contributed by atoms with E-state index < -0.39 is 17.6 Å². The van der Waals surface area contributed by atoms with Crippen LogP contribution in [0, 0.1) is 0 Å². The molecule has 1 fully saturated rings. The van der Waals surface area contributed by atoms with Gasteiger partial charge in [-0.05, 0) is 36.4 Å². The Labute approximate surface area is 179 Å². The molecule has 2 aromatic carbocycles. The maximum absolute atomic E-state index is 12.8. The molecule has 0 saturated carbocycles. The summed E-state index contributed by atoms with van der Waals surface area (Å²) >= 11 is 0. The minimum absolute atomic E-state index is 0.0907. The standard InChI is InChI=1S/C23H24F3N3O2/c1-28-13-14-29(20(16-28)18-5-3-2-4-6-18)22(31)15-27-21(30)12-9-17-7-10-19(11-8-17)23(24,25)26/h2-12,20H,13-16H2,1H3,(H,27,30)/b12-9+. The summed E-state index contributed by atoms with van der Waals surface area (Å²) in [6.45, 7) is 1.86. The molecule has 1 unspecified atom stereocenters. The molecule has 0 aromatic heterocycles. The van der Waals surface area contributed by atoms with E-state index in [1.807, 2.05) is 37.4 Å². The summed E-state index contributed by atoms with van der Waals surface area (Å²) in [5.74, 6) is -0.670. The normalized spacial score (nSPS) is 17.7. The third-order valence-corrected chi connectivity index (χ3v) is 5.17. The van der Waals surface area contributed by atoms with Gasteiger partial charge in [-0.3, -0.25) is 9.59 Å². The maximum Gasteiger partial charge on any atom is 0.416 e. The fraction of sp³-hybridized carbons (Fsp3) is 0.304. The van der Waals surface area contributed by atoms with Crippen LogP contribution in [-0.4, -0.2) is 54.8 Å². The van der Waals surface area contributed by atoms with Gasteiger partial charge in [0.2, 0.25) is 11.8 Å². The number of carbonyl (C=O) groups is 2. The first-order valence-corrected chi connectivity index (χ1v) is 9.90. The first-order valence-electron chi connectivity index (χ1n) is 9.90. The smallest absolute Gasteiger partial charge is 0.343 e. The molecule has 1 aliphatic heterocycles. The highest BCUT2D eigenvalue weighted by molar-refractivity contribution is 5.94. The molecule has 1 saturated heterocycles. The number of carbonyl (C=O) groups excluding carboxylic acids is 2. The van der Waals surface area contributed by atoms with Crippen LogP contribution in [0.2, 0.25) is 0 Å². The number of benzene rings is 2. The van der Waals surface area contributed by atoms with Gasteiger partial charge >= 0.3 is 6.18 Å². The molecule has 0 aliphatic carbocycles. The third-order valence-electron chi connectivity index (χ3n) is 5.17. The van der Waals surface area contributed by atoms with Crippen molar-refractivity contribution in [2.45, 2.75) is 12.2 Å². The molecule has 1 N–H and O–H groups in total. The second-order valence-electron chi connectivity index (χ2n) is 7.45. The fourth-order valence-electron chi connectivity index (χ4n) is 3.46. The van der Waals surface area contributed by atoms with Gasteiger partial charge < -0.3 is 15.1 Å². The molecule has 0 spiro atoms. The Morgan fingerprint density at radius 1 is 1.06 bits per heavy atom. The number of halogens is 3. The molecule has 1 aliphatic rings. The van der Waals surface area contributed by atoms with Gasteiger partial charge in [0.25, 0.3) is 0 Å². The maximum atomic E-state index is 12.8. The van der Waals surface area contributed by atoms with Gasteiger partial charge in [-0.15, -0.1) is 0 Å². The molecule has 164 valence electrons. The molecule has 2 aromatic rings. The second-order valence-corrected chi connectivity index (χ2v) is 7.45. The molecular weight excluding hydrogens is 407 g/mol. The molecule has 1 heterocycles. The lowest BCUT2D eigenvalue weighted by atomic mass is 10.0. The number of piperazine rings is 1. The molecular formula is C23H24F3N3O2. The van der Waals surface area contributed by atoms with Crippen LogP contribution in [0.4, 0.5) is 13.2 Å². The van der Waals surface area contributed by atoms with Gasteiger partial charge in [0, 0.05) is 25.7 Å². The molecule has 0 bridgehead atoms. The summed E-state index contributed by atoms with van der Waals surface area (Å²) in [4.78, 5) is 28.8. The second kappa shape index (κ2) is 9.78. The fourth-order valence-corrected chi connectivity index (χ4v) is 3.46. The van der Waals surface area contributed by atoms with Crippen molar-refractivity contribution in [1.82, 2.24) is 15.1 Å². The topological polar surface area (TPSA) is 52.6 Å². The van der Waals surface area contributed by atoms with Gasteiger partial charge in [0.15, 0.2) is 0 Å². The quantitative estimate of drug-likeness (QED) is 0.739. The highest BCUT2D eigenvalue weighted by Crippen LogP contribution is 2.29. The Kier molecular flexibility index (Phi) is 7.12.